The Bertz CT molecular complexity index is 514. The lowest BCUT2D eigenvalue weighted by atomic mass is 10.1. The van der Waals surface area contributed by atoms with Crippen LogP contribution in [0.1, 0.15) is 119 Å². The van der Waals surface area contributed by atoms with Crippen LogP contribution in [0.25, 0.3) is 0 Å². The normalized spacial score (nSPS) is 14.4. The van der Waals surface area contributed by atoms with Gasteiger partial charge in [0.1, 0.15) is 0 Å². The van der Waals surface area contributed by atoms with Crippen molar-refractivity contribution in [1.82, 2.24) is 0 Å². The van der Waals surface area contributed by atoms with Gasteiger partial charge in [0.05, 0.1) is 107 Å². The maximum Gasteiger partial charge on any atom is 0.0784 e. The molecule has 4 nitrogen and oxygen atoms in total. The fourth-order valence-corrected chi connectivity index (χ4v) is 5.96. The molecule has 0 saturated heterocycles. The molecule has 0 amide bonds. The lowest BCUT2D eigenvalue weighted by Crippen LogP contribution is -3.00. The van der Waals surface area contributed by atoms with Crippen molar-refractivity contribution < 1.29 is 114 Å². The third kappa shape index (κ3) is 25.8. The van der Waals surface area contributed by atoms with E-state index in [1.54, 1.807) is 0 Å². The monoisotopic (exact) mass is 1050 g/mol. The first-order valence-corrected chi connectivity index (χ1v) is 17.3. The van der Waals surface area contributed by atoms with Crippen LogP contribution in [0, 0.1) is 0 Å². The fourth-order valence-electron chi connectivity index (χ4n) is 5.96. The summed E-state index contributed by atoms with van der Waals surface area (Å²) in [6.45, 7) is 30.1. The number of hydrogen-bond acceptors (Lipinski definition) is 0. The van der Waals surface area contributed by atoms with Gasteiger partial charge in [-0.2, -0.15) is 0 Å². The summed E-state index contributed by atoms with van der Waals surface area (Å²) in [5, 5.41) is 0. The van der Waals surface area contributed by atoms with Crippen LogP contribution in [0.4, 0.5) is 0 Å². The van der Waals surface area contributed by atoms with Crippen molar-refractivity contribution in [1.29, 1.82) is 0 Å². The third-order valence-electron chi connectivity index (χ3n) is 11.0. The highest BCUT2D eigenvalue weighted by Gasteiger charge is 2.21. The molecular formula is C34H78I4N4. The molecule has 42 heavy (non-hydrogen) atoms. The molecule has 0 saturated carbocycles. The van der Waals surface area contributed by atoms with E-state index in [2.05, 4.69) is 69.7 Å². The number of halogens is 4. The highest BCUT2D eigenvalue weighted by Crippen LogP contribution is 2.15. The van der Waals surface area contributed by atoms with Crippen molar-refractivity contribution in [3.05, 3.63) is 0 Å². The highest BCUT2D eigenvalue weighted by atomic mass is 127. The minimum absolute atomic E-state index is 0. The molecule has 0 aromatic rings. The zero-order valence-corrected chi connectivity index (χ0v) is 38.9. The number of nitrogens with zero attached hydrogens (tertiary/aromatic N) is 4. The van der Waals surface area contributed by atoms with Gasteiger partial charge < -0.3 is 114 Å². The molecule has 0 radical (unpaired) electrons. The van der Waals surface area contributed by atoms with Crippen LogP contribution in [0.2, 0.25) is 0 Å². The van der Waals surface area contributed by atoms with Crippen LogP contribution in [0.15, 0.2) is 0 Å². The molecule has 0 rings (SSSR count). The Hall–Kier alpha value is 2.76. The van der Waals surface area contributed by atoms with Gasteiger partial charge >= 0.3 is 0 Å². The van der Waals surface area contributed by atoms with Crippen LogP contribution in [-0.4, -0.2) is 125 Å². The first kappa shape index (κ1) is 54.2. The second-order valence-electron chi connectivity index (χ2n) is 14.0. The van der Waals surface area contributed by atoms with Crippen LogP contribution in [0.3, 0.4) is 0 Å². The van der Waals surface area contributed by atoms with Gasteiger partial charge in [-0.3, -0.25) is 0 Å². The van der Waals surface area contributed by atoms with Gasteiger partial charge in [0, 0.05) is 0 Å². The summed E-state index contributed by atoms with van der Waals surface area (Å²) < 4.78 is 5.07. The van der Waals surface area contributed by atoms with Crippen molar-refractivity contribution >= 4 is 0 Å². The van der Waals surface area contributed by atoms with E-state index in [-0.39, 0.29) is 95.9 Å². The molecule has 2 atom stereocenters. The minimum Gasteiger partial charge on any atom is -1.00 e. The molecule has 0 fully saturated rings. The second-order valence-corrected chi connectivity index (χ2v) is 14.0. The van der Waals surface area contributed by atoms with E-state index in [0.717, 1.165) is 0 Å². The van der Waals surface area contributed by atoms with E-state index in [4.69, 9.17) is 0 Å². The lowest BCUT2D eigenvalue weighted by Gasteiger charge is -2.35. The van der Waals surface area contributed by atoms with Crippen LogP contribution in [-0.2, 0) is 0 Å². The Labute approximate surface area is 335 Å². The molecule has 0 aliphatic heterocycles. The molecule has 0 aromatic heterocycles. The van der Waals surface area contributed by atoms with Gasteiger partial charge in [-0.05, 0) is 119 Å². The molecule has 0 bridgehead atoms. The highest BCUT2D eigenvalue weighted by molar-refractivity contribution is 4.50. The van der Waals surface area contributed by atoms with E-state index in [0.29, 0.717) is 0 Å². The van der Waals surface area contributed by atoms with Crippen LogP contribution < -0.4 is 95.9 Å². The number of rotatable bonds is 27. The topological polar surface area (TPSA) is 0 Å². The van der Waals surface area contributed by atoms with E-state index in [1.165, 1.54) is 174 Å². The zero-order chi connectivity index (χ0) is 29.0. The van der Waals surface area contributed by atoms with Gasteiger partial charge in [0.2, 0.25) is 0 Å². The Morgan fingerprint density at radius 2 is 0.381 bits per heavy atom. The van der Waals surface area contributed by atoms with Crippen LogP contribution >= 0.6 is 0 Å². The molecule has 262 valence electrons. The van der Waals surface area contributed by atoms with Gasteiger partial charge in [0.25, 0.3) is 0 Å². The average molecular weight is 1050 g/mol. The average Bonchev–Trinajstić information content (AvgIpc) is 2.94. The Balaban J connectivity index is -0.00000114. The lowest BCUT2D eigenvalue weighted by molar-refractivity contribution is -0.909. The maximum atomic E-state index is 2.51. The molecule has 0 aliphatic carbocycles. The predicted molar refractivity (Wildman–Crippen MR) is 173 cm³/mol. The molecule has 0 heterocycles. The van der Waals surface area contributed by atoms with E-state index < -0.39 is 0 Å². The third-order valence-corrected chi connectivity index (χ3v) is 11.0. The smallest absolute Gasteiger partial charge is 0.0784 e. The summed E-state index contributed by atoms with van der Waals surface area (Å²) in [5.74, 6) is 0. The maximum absolute atomic E-state index is 2.51. The summed E-state index contributed by atoms with van der Waals surface area (Å²) >= 11 is 0. The summed E-state index contributed by atoms with van der Waals surface area (Å²) in [4.78, 5) is 0. The van der Waals surface area contributed by atoms with E-state index in [9.17, 15) is 0 Å². The molecule has 0 N–H and O–H groups in total. The number of quaternary nitrogens is 4. The summed E-state index contributed by atoms with van der Waals surface area (Å²) in [6, 6.07) is 0. The van der Waals surface area contributed by atoms with Crippen molar-refractivity contribution in [2.75, 3.05) is 107 Å². The quantitative estimate of drug-likeness (QED) is 0.0444. The molecule has 0 aromatic carbocycles. The number of unbranched alkanes of at least 4 members (excludes halogenated alkanes) is 9. The molecule has 8 heteroatoms. The zero-order valence-electron chi connectivity index (χ0n) is 30.3. The summed E-state index contributed by atoms with van der Waals surface area (Å²) in [6.07, 6.45) is 17.0. The van der Waals surface area contributed by atoms with Gasteiger partial charge in [-0.1, -0.05) is 0 Å². The van der Waals surface area contributed by atoms with Crippen molar-refractivity contribution in [2.24, 2.45) is 0 Å². The first-order valence-electron chi connectivity index (χ1n) is 17.3. The molecular weight excluding hydrogens is 972 g/mol. The predicted octanol–water partition coefficient (Wildman–Crippen LogP) is -4.41. The van der Waals surface area contributed by atoms with Gasteiger partial charge in [0.15, 0.2) is 0 Å². The SMILES string of the molecule is CC[N+](C)(CC)CCCCCC[N+](C)(CC)CCCCCC[N+](C)(CC)CCCCCC[N+](C)(CC)CC.[I-].[I-].[I-].[I-]. The summed E-state index contributed by atoms with van der Waals surface area (Å²) in [5.41, 5.74) is 0. The summed E-state index contributed by atoms with van der Waals surface area (Å²) in [7, 11) is 9.86. The Kier molecular flexibility index (Phi) is 40.1. The van der Waals surface area contributed by atoms with Crippen molar-refractivity contribution in [3.8, 4) is 0 Å². The Morgan fingerprint density at radius 3 is 0.524 bits per heavy atom. The first-order chi connectivity index (χ1) is 18.0. The van der Waals surface area contributed by atoms with Gasteiger partial charge in [-0.15, -0.1) is 0 Å². The molecule has 0 spiro atoms. The largest absolute Gasteiger partial charge is 1.00 e. The van der Waals surface area contributed by atoms with E-state index >= 15 is 0 Å². The number of hydrogen-bond donors (Lipinski definition) is 0. The van der Waals surface area contributed by atoms with Gasteiger partial charge in [-0.25, -0.2) is 0 Å². The minimum atomic E-state index is 0. The molecule has 2 unspecified atom stereocenters. The fraction of sp³-hybridized carbons (Fsp3) is 1.00. The van der Waals surface area contributed by atoms with E-state index in [1.807, 2.05) is 0 Å². The molecule has 0 aliphatic rings. The van der Waals surface area contributed by atoms with Crippen LogP contribution in [0.5, 0.6) is 0 Å². The van der Waals surface area contributed by atoms with Crippen molar-refractivity contribution in [3.63, 3.8) is 0 Å². The Morgan fingerprint density at radius 1 is 0.238 bits per heavy atom. The van der Waals surface area contributed by atoms with Crippen molar-refractivity contribution in [2.45, 2.75) is 119 Å². The standard InChI is InChI=1S/C34H78N4.4HI/c1-11-35(7,12-2)29-23-17-19-25-31-37(9,15-5)33-27-21-22-28-34-38(10,16-6)32-26-20-18-24-30-36(8,13-3)14-4;;;;/h11-34H2,1-10H3;4*1H/q+4;;;;/p-4. The second kappa shape index (κ2) is 31.1.